The van der Waals surface area contributed by atoms with Crippen molar-refractivity contribution in [2.45, 2.75) is 86.5 Å². The number of hydrogen-bond acceptors (Lipinski definition) is 4. The molecular weight excluding hydrogens is 548 g/mol. The smallest absolute Gasteiger partial charge is 0.303 e. The van der Waals surface area contributed by atoms with Gasteiger partial charge in [0.05, 0.1) is 0 Å². The van der Waals surface area contributed by atoms with E-state index in [1.165, 1.54) is 0 Å². The standard InChI is InChI=1S/C33H42N4O6/c1-7-20-19(6)32(42)37-27(20)14-25-18(5)23(10-12-31(40)41)29(35-25)15-28-22(9-11-30(38)39)17(4)24(34-28)13-26-16(3)21(8-2)33(43)36-26/h13,15,34-37,42-43H,7-12,14H2,1-6H3,(H,38,39)(H,40,41). The maximum absolute atomic E-state index is 11.5. The van der Waals surface area contributed by atoms with Gasteiger partial charge in [-0.2, -0.15) is 0 Å². The summed E-state index contributed by atoms with van der Waals surface area (Å²) in [6.45, 7) is 11.8. The Labute approximate surface area is 250 Å². The Balaban J connectivity index is 1.90. The van der Waals surface area contributed by atoms with E-state index in [0.29, 0.717) is 25.7 Å². The van der Waals surface area contributed by atoms with Crippen LogP contribution in [0.25, 0.3) is 12.2 Å². The van der Waals surface area contributed by atoms with Gasteiger partial charge in [-0.1, -0.05) is 13.8 Å². The highest BCUT2D eigenvalue weighted by molar-refractivity contribution is 5.68. The molecule has 10 nitrogen and oxygen atoms in total. The van der Waals surface area contributed by atoms with Gasteiger partial charge in [-0.15, -0.1) is 0 Å². The Kier molecular flexibility index (Phi) is 9.27. The van der Waals surface area contributed by atoms with Crippen LogP contribution in [0.5, 0.6) is 11.8 Å². The van der Waals surface area contributed by atoms with Crippen LogP contribution in [0.3, 0.4) is 0 Å². The lowest BCUT2D eigenvalue weighted by Crippen LogP contribution is -2.14. The summed E-state index contributed by atoms with van der Waals surface area (Å²) in [5.74, 6) is -1.50. The third kappa shape index (κ3) is 6.43. The van der Waals surface area contributed by atoms with Crippen molar-refractivity contribution in [1.82, 2.24) is 19.9 Å². The Morgan fingerprint density at radius 3 is 1.79 bits per heavy atom. The van der Waals surface area contributed by atoms with Gasteiger partial charge in [0.2, 0.25) is 0 Å². The summed E-state index contributed by atoms with van der Waals surface area (Å²) < 4.78 is 0. The van der Waals surface area contributed by atoms with Crippen LogP contribution in [-0.4, -0.2) is 52.3 Å². The molecule has 0 fully saturated rings. The van der Waals surface area contributed by atoms with Crippen LogP contribution in [0.1, 0.15) is 94.0 Å². The van der Waals surface area contributed by atoms with Gasteiger partial charge in [0, 0.05) is 63.9 Å². The van der Waals surface area contributed by atoms with Crippen molar-refractivity contribution >= 4 is 24.1 Å². The van der Waals surface area contributed by atoms with E-state index in [0.717, 1.165) is 84.4 Å². The molecule has 4 rings (SSSR count). The van der Waals surface area contributed by atoms with E-state index in [9.17, 15) is 30.0 Å². The van der Waals surface area contributed by atoms with E-state index in [1.54, 1.807) is 0 Å². The molecule has 0 amide bonds. The molecule has 4 heterocycles. The lowest BCUT2D eigenvalue weighted by atomic mass is 10.0. The molecule has 10 heteroatoms. The first-order valence-electron chi connectivity index (χ1n) is 14.7. The van der Waals surface area contributed by atoms with Gasteiger partial charge >= 0.3 is 11.9 Å². The summed E-state index contributed by atoms with van der Waals surface area (Å²) in [6.07, 6.45) is 6.36. The number of nitrogens with one attached hydrogen (secondary N) is 4. The summed E-state index contributed by atoms with van der Waals surface area (Å²) in [4.78, 5) is 36.2. The van der Waals surface area contributed by atoms with Gasteiger partial charge in [-0.25, -0.2) is 0 Å². The number of H-pyrrole nitrogens is 4. The number of aliphatic carboxylic acids is 2. The molecule has 0 saturated heterocycles. The molecule has 230 valence electrons. The molecule has 0 bridgehead atoms. The molecule has 0 aromatic carbocycles. The van der Waals surface area contributed by atoms with E-state index in [4.69, 9.17) is 0 Å². The van der Waals surface area contributed by atoms with E-state index in [1.807, 2.05) is 53.7 Å². The highest BCUT2D eigenvalue weighted by Crippen LogP contribution is 2.29. The van der Waals surface area contributed by atoms with Crippen molar-refractivity contribution in [2.24, 2.45) is 0 Å². The highest BCUT2D eigenvalue weighted by Gasteiger charge is 2.19. The van der Waals surface area contributed by atoms with Crippen LogP contribution in [0.4, 0.5) is 0 Å². The topological polar surface area (TPSA) is 178 Å². The molecule has 0 unspecified atom stereocenters. The number of aromatic hydroxyl groups is 2. The number of aromatic nitrogens is 4. The number of rotatable bonds is 12. The molecule has 0 aliphatic heterocycles. The lowest BCUT2D eigenvalue weighted by molar-refractivity contribution is -0.138. The zero-order valence-corrected chi connectivity index (χ0v) is 25.7. The summed E-state index contributed by atoms with van der Waals surface area (Å²) in [7, 11) is 0. The molecule has 0 aliphatic carbocycles. The fourth-order valence-corrected chi connectivity index (χ4v) is 6.06. The van der Waals surface area contributed by atoms with Gasteiger partial charge in [-0.3, -0.25) is 9.59 Å². The molecule has 4 aromatic rings. The largest absolute Gasteiger partial charge is 0.494 e. The zero-order valence-electron chi connectivity index (χ0n) is 25.7. The number of hydrogen-bond donors (Lipinski definition) is 8. The summed E-state index contributed by atoms with van der Waals surface area (Å²) >= 11 is 0. The average Bonchev–Trinajstić information content (AvgIpc) is 3.59. The Hall–Kier alpha value is -4.60. The van der Waals surface area contributed by atoms with Gasteiger partial charge in [0.25, 0.3) is 0 Å². The Bertz CT molecular complexity index is 1800. The van der Waals surface area contributed by atoms with Crippen molar-refractivity contribution in [2.75, 3.05) is 0 Å². The van der Waals surface area contributed by atoms with Crippen molar-refractivity contribution in [1.29, 1.82) is 0 Å². The number of carbonyl (C=O) groups is 2. The fraction of sp³-hybridized carbons (Fsp3) is 0.394. The van der Waals surface area contributed by atoms with Gasteiger partial charge in [-0.05, 0) is 98.9 Å². The lowest BCUT2D eigenvalue weighted by Gasteiger charge is -2.04. The zero-order chi connectivity index (χ0) is 31.6. The number of aromatic amines is 4. The predicted octanol–water partition coefficient (Wildman–Crippen LogP) is 4.05. The third-order valence-electron chi connectivity index (χ3n) is 8.62. The van der Waals surface area contributed by atoms with E-state index >= 15 is 0 Å². The first-order valence-corrected chi connectivity index (χ1v) is 14.7. The molecule has 0 saturated carbocycles. The normalized spacial score (nSPS) is 12.5. The Morgan fingerprint density at radius 1 is 0.605 bits per heavy atom. The van der Waals surface area contributed by atoms with Crippen LogP contribution in [-0.2, 0) is 41.7 Å². The fourth-order valence-electron chi connectivity index (χ4n) is 6.06. The van der Waals surface area contributed by atoms with Crippen molar-refractivity contribution in [3.63, 3.8) is 0 Å². The summed E-state index contributed by atoms with van der Waals surface area (Å²) in [5, 5.41) is 41.1. The first kappa shape index (κ1) is 31.3. The predicted molar refractivity (Wildman–Crippen MR) is 165 cm³/mol. The monoisotopic (exact) mass is 590 g/mol. The maximum atomic E-state index is 11.5. The Morgan fingerprint density at radius 2 is 1.21 bits per heavy atom. The minimum atomic E-state index is -0.897. The second-order valence-corrected chi connectivity index (χ2v) is 11.2. The number of carboxylic acids is 2. The second kappa shape index (κ2) is 12.7. The molecular formula is C33H42N4O6. The van der Waals surface area contributed by atoms with Crippen LogP contribution >= 0.6 is 0 Å². The van der Waals surface area contributed by atoms with Gasteiger partial charge in [0.1, 0.15) is 0 Å². The second-order valence-electron chi connectivity index (χ2n) is 11.2. The molecule has 43 heavy (non-hydrogen) atoms. The van der Waals surface area contributed by atoms with Crippen LogP contribution in [0.2, 0.25) is 0 Å². The van der Waals surface area contributed by atoms with Crippen molar-refractivity contribution < 1.29 is 30.0 Å². The van der Waals surface area contributed by atoms with E-state index < -0.39 is 11.9 Å². The molecule has 0 aliphatic rings. The molecule has 0 radical (unpaired) electrons. The summed E-state index contributed by atoms with van der Waals surface area (Å²) in [6, 6.07) is 0. The molecule has 8 N–H and O–H groups in total. The van der Waals surface area contributed by atoms with Crippen molar-refractivity contribution in [3.8, 4) is 11.8 Å². The SMILES string of the molecule is CCc1c(O)[nH]c(C=c2[nH]c(=Cc3[nH]c(Cc4[nH]c(O)c(C)c4CC)c(C)c3CCC(=O)O)c(CCC(=O)O)c2C)c1C. The van der Waals surface area contributed by atoms with Crippen LogP contribution < -0.4 is 10.7 Å². The molecule has 4 aromatic heterocycles. The van der Waals surface area contributed by atoms with Crippen LogP contribution in [0, 0.1) is 27.7 Å². The first-order chi connectivity index (χ1) is 20.4. The third-order valence-corrected chi connectivity index (χ3v) is 8.62. The maximum Gasteiger partial charge on any atom is 0.303 e. The number of carboxylic acid groups (broad SMARTS) is 2. The minimum absolute atomic E-state index is 0.0361. The van der Waals surface area contributed by atoms with Gasteiger partial charge < -0.3 is 40.4 Å². The minimum Gasteiger partial charge on any atom is -0.494 e. The van der Waals surface area contributed by atoms with Gasteiger partial charge in [0.15, 0.2) is 11.8 Å². The molecule has 0 atom stereocenters. The van der Waals surface area contributed by atoms with Crippen LogP contribution in [0.15, 0.2) is 0 Å². The van der Waals surface area contributed by atoms with Crippen molar-refractivity contribution in [3.05, 3.63) is 78.0 Å². The highest BCUT2D eigenvalue weighted by atomic mass is 16.4. The van der Waals surface area contributed by atoms with E-state index in [-0.39, 0.29) is 24.6 Å². The molecule has 0 spiro atoms. The van der Waals surface area contributed by atoms with E-state index in [2.05, 4.69) is 19.9 Å². The summed E-state index contributed by atoms with van der Waals surface area (Å²) in [5.41, 5.74) is 10.6. The quantitative estimate of drug-likeness (QED) is 0.123. The average molecular weight is 591 g/mol.